The minimum absolute atomic E-state index is 0.338. The van der Waals surface area contributed by atoms with Crippen molar-refractivity contribution in [3.8, 4) is 11.5 Å². The highest BCUT2D eigenvalue weighted by molar-refractivity contribution is 5.42. The standard InChI is InChI=1S/C16H26N2O2/c1-4-14(17)13-7-8-18(11-13)10-12-5-6-15(19-2)16(9-12)20-3/h5-6,9,13-14H,4,7-8,10-11,17H2,1-3H3. The van der Waals surface area contributed by atoms with E-state index in [0.717, 1.165) is 37.6 Å². The zero-order valence-corrected chi connectivity index (χ0v) is 12.8. The first-order valence-electron chi connectivity index (χ1n) is 7.36. The minimum Gasteiger partial charge on any atom is -0.493 e. The molecule has 2 atom stereocenters. The average Bonchev–Trinajstić information content (AvgIpc) is 2.94. The van der Waals surface area contributed by atoms with Crippen LogP contribution in [0.3, 0.4) is 0 Å². The minimum atomic E-state index is 0.338. The monoisotopic (exact) mass is 278 g/mol. The Morgan fingerprint density at radius 2 is 2.05 bits per heavy atom. The van der Waals surface area contributed by atoms with Crippen molar-refractivity contribution in [1.29, 1.82) is 0 Å². The third-order valence-corrected chi connectivity index (χ3v) is 4.24. The van der Waals surface area contributed by atoms with Gasteiger partial charge in [-0.3, -0.25) is 4.90 Å². The Balaban J connectivity index is 1.97. The van der Waals surface area contributed by atoms with E-state index >= 15 is 0 Å². The van der Waals surface area contributed by atoms with Crippen molar-refractivity contribution in [1.82, 2.24) is 4.90 Å². The molecule has 0 radical (unpaired) electrons. The average molecular weight is 278 g/mol. The second-order valence-electron chi connectivity index (χ2n) is 5.55. The zero-order valence-electron chi connectivity index (χ0n) is 12.8. The Hall–Kier alpha value is -1.26. The third-order valence-electron chi connectivity index (χ3n) is 4.24. The van der Waals surface area contributed by atoms with E-state index in [0.29, 0.717) is 12.0 Å². The summed E-state index contributed by atoms with van der Waals surface area (Å²) in [6.45, 7) is 5.35. The van der Waals surface area contributed by atoms with E-state index in [9.17, 15) is 0 Å². The van der Waals surface area contributed by atoms with E-state index in [1.807, 2.05) is 6.07 Å². The van der Waals surface area contributed by atoms with Crippen molar-refractivity contribution < 1.29 is 9.47 Å². The second kappa shape index (κ2) is 6.95. The predicted octanol–water partition coefficient (Wildman–Crippen LogP) is 2.26. The lowest BCUT2D eigenvalue weighted by Gasteiger charge is -2.20. The first-order valence-corrected chi connectivity index (χ1v) is 7.36. The molecule has 0 saturated carbocycles. The molecular weight excluding hydrogens is 252 g/mol. The molecular formula is C16H26N2O2. The molecule has 1 saturated heterocycles. The van der Waals surface area contributed by atoms with E-state index in [1.165, 1.54) is 12.0 Å². The van der Waals surface area contributed by atoms with E-state index in [1.54, 1.807) is 14.2 Å². The Bertz CT molecular complexity index is 436. The van der Waals surface area contributed by atoms with Gasteiger partial charge in [-0.1, -0.05) is 13.0 Å². The number of likely N-dealkylation sites (tertiary alicyclic amines) is 1. The second-order valence-corrected chi connectivity index (χ2v) is 5.55. The summed E-state index contributed by atoms with van der Waals surface area (Å²) in [5.74, 6) is 2.22. The number of nitrogens with zero attached hydrogens (tertiary/aromatic N) is 1. The van der Waals surface area contributed by atoms with Crippen LogP contribution in [0.1, 0.15) is 25.3 Å². The summed E-state index contributed by atoms with van der Waals surface area (Å²) < 4.78 is 10.6. The maximum Gasteiger partial charge on any atom is 0.161 e. The van der Waals surface area contributed by atoms with Crippen LogP contribution in [0.4, 0.5) is 0 Å². The topological polar surface area (TPSA) is 47.7 Å². The molecule has 4 heteroatoms. The zero-order chi connectivity index (χ0) is 14.5. The number of ether oxygens (including phenoxy) is 2. The van der Waals surface area contributed by atoms with Crippen LogP contribution in [0.15, 0.2) is 18.2 Å². The molecule has 4 nitrogen and oxygen atoms in total. The molecule has 20 heavy (non-hydrogen) atoms. The Labute approximate surface area is 121 Å². The van der Waals surface area contributed by atoms with Crippen molar-refractivity contribution in [3.63, 3.8) is 0 Å². The highest BCUT2D eigenvalue weighted by Gasteiger charge is 2.26. The predicted molar refractivity (Wildman–Crippen MR) is 81.2 cm³/mol. The Kier molecular flexibility index (Phi) is 5.26. The molecule has 1 aliphatic rings. The van der Waals surface area contributed by atoms with Gasteiger partial charge in [0.15, 0.2) is 11.5 Å². The van der Waals surface area contributed by atoms with Crippen molar-refractivity contribution >= 4 is 0 Å². The van der Waals surface area contributed by atoms with Crippen molar-refractivity contribution in [3.05, 3.63) is 23.8 Å². The lowest BCUT2D eigenvalue weighted by atomic mass is 9.98. The molecule has 112 valence electrons. The highest BCUT2D eigenvalue weighted by Crippen LogP contribution is 2.29. The van der Waals surface area contributed by atoms with Gasteiger partial charge in [0.05, 0.1) is 14.2 Å². The molecule has 1 aromatic rings. The quantitative estimate of drug-likeness (QED) is 0.867. The number of hydrogen-bond donors (Lipinski definition) is 1. The number of hydrogen-bond acceptors (Lipinski definition) is 4. The molecule has 2 rings (SSSR count). The van der Waals surface area contributed by atoms with Gasteiger partial charge < -0.3 is 15.2 Å². The lowest BCUT2D eigenvalue weighted by molar-refractivity contribution is 0.302. The fourth-order valence-electron chi connectivity index (χ4n) is 2.93. The van der Waals surface area contributed by atoms with Gasteiger partial charge in [-0.05, 0) is 43.0 Å². The summed E-state index contributed by atoms with van der Waals surface area (Å²) >= 11 is 0. The van der Waals surface area contributed by atoms with Gasteiger partial charge in [0.25, 0.3) is 0 Å². The van der Waals surface area contributed by atoms with Gasteiger partial charge >= 0.3 is 0 Å². The molecule has 2 N–H and O–H groups in total. The van der Waals surface area contributed by atoms with E-state index < -0.39 is 0 Å². The van der Waals surface area contributed by atoms with Gasteiger partial charge in [0, 0.05) is 19.1 Å². The van der Waals surface area contributed by atoms with Crippen LogP contribution in [0.5, 0.6) is 11.5 Å². The summed E-state index contributed by atoms with van der Waals surface area (Å²) in [6, 6.07) is 6.48. The van der Waals surface area contributed by atoms with Crippen LogP contribution in [0, 0.1) is 5.92 Å². The third kappa shape index (κ3) is 3.44. The smallest absolute Gasteiger partial charge is 0.161 e. The molecule has 1 aliphatic heterocycles. The normalized spacial score (nSPS) is 20.9. The lowest BCUT2D eigenvalue weighted by Crippen LogP contribution is -2.31. The summed E-state index contributed by atoms with van der Waals surface area (Å²) in [5, 5.41) is 0. The molecule has 1 aromatic carbocycles. The molecule has 0 aromatic heterocycles. The number of benzene rings is 1. The molecule has 0 aliphatic carbocycles. The van der Waals surface area contributed by atoms with Gasteiger partial charge in [-0.25, -0.2) is 0 Å². The van der Waals surface area contributed by atoms with E-state index in [-0.39, 0.29) is 0 Å². The molecule has 0 amide bonds. The largest absolute Gasteiger partial charge is 0.493 e. The first-order chi connectivity index (χ1) is 9.67. The SMILES string of the molecule is CCC(N)C1CCN(Cc2ccc(OC)c(OC)c2)C1. The van der Waals surface area contributed by atoms with Gasteiger partial charge in [-0.2, -0.15) is 0 Å². The summed E-state index contributed by atoms with van der Waals surface area (Å²) in [4.78, 5) is 2.47. The first kappa shape index (κ1) is 15.1. The Morgan fingerprint density at radius 3 is 2.70 bits per heavy atom. The highest BCUT2D eigenvalue weighted by atomic mass is 16.5. The number of rotatable bonds is 6. The van der Waals surface area contributed by atoms with Crippen molar-refractivity contribution in [2.75, 3.05) is 27.3 Å². The van der Waals surface area contributed by atoms with Crippen LogP contribution < -0.4 is 15.2 Å². The van der Waals surface area contributed by atoms with Gasteiger partial charge in [0.2, 0.25) is 0 Å². The van der Waals surface area contributed by atoms with Crippen molar-refractivity contribution in [2.45, 2.75) is 32.4 Å². The van der Waals surface area contributed by atoms with Crippen LogP contribution >= 0.6 is 0 Å². The fourth-order valence-corrected chi connectivity index (χ4v) is 2.93. The fraction of sp³-hybridized carbons (Fsp3) is 0.625. The molecule has 0 spiro atoms. The van der Waals surface area contributed by atoms with Gasteiger partial charge in [0.1, 0.15) is 0 Å². The molecule has 2 unspecified atom stereocenters. The van der Waals surface area contributed by atoms with Crippen LogP contribution in [0.2, 0.25) is 0 Å². The van der Waals surface area contributed by atoms with Gasteiger partial charge in [-0.15, -0.1) is 0 Å². The number of nitrogens with two attached hydrogens (primary N) is 1. The number of methoxy groups -OCH3 is 2. The summed E-state index contributed by atoms with van der Waals surface area (Å²) in [6.07, 6.45) is 2.27. The van der Waals surface area contributed by atoms with Crippen LogP contribution in [0.25, 0.3) is 0 Å². The molecule has 0 bridgehead atoms. The van der Waals surface area contributed by atoms with Crippen molar-refractivity contribution in [2.24, 2.45) is 11.7 Å². The van der Waals surface area contributed by atoms with Crippen LogP contribution in [-0.4, -0.2) is 38.3 Å². The maximum atomic E-state index is 6.15. The van der Waals surface area contributed by atoms with E-state index in [4.69, 9.17) is 15.2 Å². The summed E-state index contributed by atoms with van der Waals surface area (Å²) in [5.41, 5.74) is 7.41. The van der Waals surface area contributed by atoms with E-state index in [2.05, 4.69) is 24.0 Å². The summed E-state index contributed by atoms with van der Waals surface area (Å²) in [7, 11) is 3.34. The maximum absolute atomic E-state index is 6.15. The molecule has 1 heterocycles. The molecule has 1 fully saturated rings. The van der Waals surface area contributed by atoms with Crippen LogP contribution in [-0.2, 0) is 6.54 Å². The Morgan fingerprint density at radius 1 is 1.30 bits per heavy atom.